The van der Waals surface area contributed by atoms with E-state index < -0.39 is 6.04 Å². The van der Waals surface area contributed by atoms with Crippen LogP contribution in [0.5, 0.6) is 0 Å². The largest absolute Gasteiger partial charge is 0.322 e. The van der Waals surface area contributed by atoms with E-state index in [1.165, 1.54) is 0 Å². The maximum absolute atomic E-state index is 13.8. The van der Waals surface area contributed by atoms with Gasteiger partial charge >= 0.3 is 6.03 Å². The SMILES string of the molecule is CCCc1ccccc1NC(=O)N(C(C)c1ccccc1)C(C)c1nc2ccccc2n(C)c1=O. The summed E-state index contributed by atoms with van der Waals surface area (Å²) >= 11 is 0. The topological polar surface area (TPSA) is 67.2 Å². The minimum absolute atomic E-state index is 0.208. The molecule has 1 N–H and O–H groups in total. The molecular formula is C29H32N4O2. The van der Waals surface area contributed by atoms with Gasteiger partial charge in [0.2, 0.25) is 0 Å². The van der Waals surface area contributed by atoms with Crippen LogP contribution in [0.4, 0.5) is 10.5 Å². The van der Waals surface area contributed by atoms with Gasteiger partial charge in [-0.25, -0.2) is 9.78 Å². The number of amides is 2. The van der Waals surface area contributed by atoms with Crippen molar-refractivity contribution in [2.45, 2.75) is 45.7 Å². The molecule has 2 amide bonds. The number of hydrogen-bond donors (Lipinski definition) is 1. The standard InChI is InChI=1S/C29H32N4O2/c1-5-13-23-16-9-10-17-24(23)31-29(35)33(20(2)22-14-7-6-8-15-22)21(3)27-28(34)32(4)26-19-12-11-18-25(26)30-27/h6-12,14-21H,5,13H2,1-4H3,(H,31,35). The summed E-state index contributed by atoms with van der Waals surface area (Å²) in [5, 5.41) is 3.12. The van der Waals surface area contributed by atoms with E-state index in [2.05, 4.69) is 12.2 Å². The second-order valence-electron chi connectivity index (χ2n) is 8.86. The predicted octanol–water partition coefficient (Wildman–Crippen LogP) is 6.24. The van der Waals surface area contributed by atoms with E-state index >= 15 is 0 Å². The van der Waals surface area contributed by atoms with Gasteiger partial charge < -0.3 is 14.8 Å². The van der Waals surface area contributed by atoms with Crippen LogP contribution in [0, 0.1) is 0 Å². The van der Waals surface area contributed by atoms with Crippen molar-refractivity contribution in [2.24, 2.45) is 7.05 Å². The van der Waals surface area contributed by atoms with Crippen LogP contribution in [0.3, 0.4) is 0 Å². The van der Waals surface area contributed by atoms with Crippen LogP contribution in [0.15, 0.2) is 83.7 Å². The Morgan fingerprint density at radius 2 is 1.60 bits per heavy atom. The fourth-order valence-electron chi connectivity index (χ4n) is 4.59. The third-order valence-electron chi connectivity index (χ3n) is 6.53. The Labute approximate surface area is 206 Å². The summed E-state index contributed by atoms with van der Waals surface area (Å²) in [6.45, 7) is 5.97. The van der Waals surface area contributed by atoms with Gasteiger partial charge in [-0.3, -0.25) is 4.79 Å². The fourth-order valence-corrected chi connectivity index (χ4v) is 4.59. The zero-order valence-electron chi connectivity index (χ0n) is 20.7. The average molecular weight is 469 g/mol. The van der Waals surface area contributed by atoms with Crippen LogP contribution in [-0.4, -0.2) is 20.5 Å². The fraction of sp³-hybridized carbons (Fsp3) is 0.276. The number of nitrogens with zero attached hydrogens (tertiary/aromatic N) is 3. The highest BCUT2D eigenvalue weighted by molar-refractivity contribution is 5.90. The molecule has 6 heteroatoms. The van der Waals surface area contributed by atoms with Gasteiger partial charge in [0.1, 0.15) is 5.69 Å². The minimum Gasteiger partial charge on any atom is -0.309 e. The third-order valence-corrected chi connectivity index (χ3v) is 6.53. The molecule has 4 aromatic rings. The second kappa shape index (κ2) is 10.6. The molecule has 0 aliphatic carbocycles. The molecule has 0 saturated carbocycles. The summed E-state index contributed by atoms with van der Waals surface area (Å²) in [5.74, 6) is 0. The number of rotatable bonds is 7. The molecule has 4 rings (SSSR count). The smallest absolute Gasteiger partial charge is 0.309 e. The van der Waals surface area contributed by atoms with Crippen molar-refractivity contribution in [1.29, 1.82) is 0 Å². The van der Waals surface area contributed by atoms with Crippen LogP contribution < -0.4 is 10.9 Å². The highest BCUT2D eigenvalue weighted by Crippen LogP contribution is 2.30. The molecule has 1 heterocycles. The molecule has 6 nitrogen and oxygen atoms in total. The first-order valence-corrected chi connectivity index (χ1v) is 12.1. The van der Waals surface area contributed by atoms with Crippen LogP contribution >= 0.6 is 0 Å². The molecule has 180 valence electrons. The van der Waals surface area contributed by atoms with E-state index in [4.69, 9.17) is 4.98 Å². The van der Waals surface area contributed by atoms with Crippen molar-refractivity contribution in [3.63, 3.8) is 0 Å². The number of carbonyl (C=O) groups excluding carboxylic acids is 1. The minimum atomic E-state index is -0.563. The quantitative estimate of drug-likeness (QED) is 0.349. The number of carbonyl (C=O) groups is 1. The summed E-state index contributed by atoms with van der Waals surface area (Å²) in [4.78, 5) is 33.6. The van der Waals surface area contributed by atoms with Gasteiger partial charge in [-0.05, 0) is 49.6 Å². The number of nitrogens with one attached hydrogen (secondary N) is 1. The van der Waals surface area contributed by atoms with E-state index in [1.54, 1.807) is 16.5 Å². The summed E-state index contributed by atoms with van der Waals surface area (Å²) in [7, 11) is 1.74. The molecular weight excluding hydrogens is 436 g/mol. The Bertz CT molecular complexity index is 1380. The summed E-state index contributed by atoms with van der Waals surface area (Å²) in [5.41, 5.74) is 4.46. The Balaban J connectivity index is 1.78. The molecule has 0 spiro atoms. The van der Waals surface area contributed by atoms with Gasteiger partial charge in [0.25, 0.3) is 5.56 Å². The van der Waals surface area contributed by atoms with E-state index in [0.717, 1.165) is 40.7 Å². The van der Waals surface area contributed by atoms with Crippen LogP contribution in [0.2, 0.25) is 0 Å². The normalized spacial score (nSPS) is 12.8. The average Bonchev–Trinajstić information content (AvgIpc) is 2.88. The van der Waals surface area contributed by atoms with Gasteiger partial charge in [0, 0.05) is 12.7 Å². The van der Waals surface area contributed by atoms with Crippen LogP contribution in [0.1, 0.15) is 56.1 Å². The molecule has 1 aromatic heterocycles. The molecule has 35 heavy (non-hydrogen) atoms. The first-order valence-electron chi connectivity index (χ1n) is 12.1. The molecule has 0 aliphatic heterocycles. The van der Waals surface area contributed by atoms with E-state index in [1.807, 2.05) is 92.7 Å². The zero-order chi connectivity index (χ0) is 24.9. The van der Waals surface area contributed by atoms with E-state index in [0.29, 0.717) is 5.69 Å². The van der Waals surface area contributed by atoms with Crippen molar-refractivity contribution >= 4 is 22.8 Å². The molecule has 0 radical (unpaired) electrons. The van der Waals surface area contributed by atoms with Gasteiger partial charge in [-0.15, -0.1) is 0 Å². The monoisotopic (exact) mass is 468 g/mol. The van der Waals surface area contributed by atoms with Gasteiger partial charge in [-0.1, -0.05) is 74.0 Å². The molecule has 0 aliphatic rings. The molecule has 2 unspecified atom stereocenters. The number of anilines is 1. The first kappa shape index (κ1) is 24.2. The van der Waals surface area contributed by atoms with E-state index in [-0.39, 0.29) is 17.6 Å². The first-order chi connectivity index (χ1) is 16.9. The predicted molar refractivity (Wildman–Crippen MR) is 142 cm³/mol. The Hall–Kier alpha value is -3.93. The lowest BCUT2D eigenvalue weighted by molar-refractivity contribution is 0.165. The maximum atomic E-state index is 13.8. The summed E-state index contributed by atoms with van der Waals surface area (Å²) < 4.78 is 1.61. The lowest BCUT2D eigenvalue weighted by Crippen LogP contribution is -2.42. The van der Waals surface area contributed by atoms with Gasteiger partial charge in [0.15, 0.2) is 0 Å². The molecule has 0 saturated heterocycles. The second-order valence-corrected chi connectivity index (χ2v) is 8.86. The Morgan fingerprint density at radius 1 is 0.943 bits per heavy atom. The van der Waals surface area contributed by atoms with Crippen molar-refractivity contribution < 1.29 is 4.79 Å². The third kappa shape index (κ3) is 4.97. The number of fused-ring (bicyclic) bond motifs is 1. The maximum Gasteiger partial charge on any atom is 0.322 e. The number of hydrogen-bond acceptors (Lipinski definition) is 3. The number of aryl methyl sites for hydroxylation is 2. The Kier molecular flexibility index (Phi) is 7.30. The van der Waals surface area contributed by atoms with Crippen LogP contribution in [0.25, 0.3) is 11.0 Å². The summed E-state index contributed by atoms with van der Waals surface area (Å²) in [6.07, 6.45) is 1.84. The van der Waals surface area contributed by atoms with Gasteiger partial charge in [-0.2, -0.15) is 0 Å². The lowest BCUT2D eigenvalue weighted by atomic mass is 10.0. The molecule has 3 aromatic carbocycles. The van der Waals surface area contributed by atoms with Crippen molar-refractivity contribution in [3.05, 3.63) is 106 Å². The zero-order valence-corrected chi connectivity index (χ0v) is 20.7. The number of urea groups is 1. The van der Waals surface area contributed by atoms with Crippen molar-refractivity contribution in [3.8, 4) is 0 Å². The molecule has 2 atom stereocenters. The van der Waals surface area contributed by atoms with Crippen molar-refractivity contribution in [1.82, 2.24) is 14.5 Å². The summed E-state index contributed by atoms with van der Waals surface area (Å²) in [6, 6.07) is 24.1. The molecule has 0 bridgehead atoms. The Morgan fingerprint density at radius 3 is 2.34 bits per heavy atom. The van der Waals surface area contributed by atoms with E-state index in [9.17, 15) is 9.59 Å². The lowest BCUT2D eigenvalue weighted by Gasteiger charge is -2.35. The number of aromatic nitrogens is 2. The highest BCUT2D eigenvalue weighted by atomic mass is 16.2. The molecule has 0 fully saturated rings. The van der Waals surface area contributed by atoms with Gasteiger partial charge in [0.05, 0.1) is 23.1 Å². The highest BCUT2D eigenvalue weighted by Gasteiger charge is 2.31. The van der Waals surface area contributed by atoms with Crippen molar-refractivity contribution in [2.75, 3.05) is 5.32 Å². The van der Waals surface area contributed by atoms with Crippen LogP contribution in [-0.2, 0) is 13.5 Å². The number of para-hydroxylation sites is 3. The number of benzene rings is 3.